The van der Waals surface area contributed by atoms with Crippen molar-refractivity contribution in [3.05, 3.63) is 53.6 Å². The second-order valence-corrected chi connectivity index (χ2v) is 7.25. The van der Waals surface area contributed by atoms with Crippen LogP contribution in [-0.4, -0.2) is 63.6 Å². The van der Waals surface area contributed by atoms with Crippen molar-refractivity contribution < 1.29 is 28.6 Å². The van der Waals surface area contributed by atoms with Crippen molar-refractivity contribution in [1.82, 2.24) is 4.90 Å². The molecule has 1 aliphatic heterocycles. The fourth-order valence-corrected chi connectivity index (χ4v) is 3.59. The zero-order chi connectivity index (χ0) is 22.5. The summed E-state index contributed by atoms with van der Waals surface area (Å²) < 4.78 is 15.3. The number of benzene rings is 2. The zero-order valence-corrected chi connectivity index (χ0v) is 18.1. The van der Waals surface area contributed by atoms with Gasteiger partial charge >= 0.3 is 5.97 Å². The Bertz CT molecular complexity index is 973. The van der Waals surface area contributed by atoms with Gasteiger partial charge < -0.3 is 14.2 Å². The van der Waals surface area contributed by atoms with Gasteiger partial charge in [-0.1, -0.05) is 6.07 Å². The van der Waals surface area contributed by atoms with E-state index < -0.39 is 12.0 Å². The van der Waals surface area contributed by atoms with Crippen LogP contribution in [0.1, 0.15) is 22.3 Å². The van der Waals surface area contributed by atoms with Gasteiger partial charge in [0.1, 0.15) is 0 Å². The lowest BCUT2D eigenvalue weighted by Crippen LogP contribution is -2.40. The van der Waals surface area contributed by atoms with Crippen LogP contribution in [0.25, 0.3) is 0 Å². The van der Waals surface area contributed by atoms with Crippen LogP contribution in [0, 0.1) is 0 Å². The molecule has 0 saturated carbocycles. The first kappa shape index (κ1) is 22.3. The van der Waals surface area contributed by atoms with Gasteiger partial charge in [-0.05, 0) is 55.4 Å². The summed E-state index contributed by atoms with van der Waals surface area (Å²) in [6, 6.07) is 11.4. The quantitative estimate of drug-likeness (QED) is 0.473. The number of imide groups is 1. The Balaban J connectivity index is 1.66. The highest BCUT2D eigenvalue weighted by atomic mass is 16.5. The molecule has 2 amide bonds. The highest BCUT2D eigenvalue weighted by Crippen LogP contribution is 2.29. The van der Waals surface area contributed by atoms with Crippen molar-refractivity contribution in [2.45, 2.75) is 18.9 Å². The monoisotopic (exact) mass is 426 g/mol. The summed E-state index contributed by atoms with van der Waals surface area (Å²) in [6.45, 7) is 0.592. The molecular weight excluding hydrogens is 400 g/mol. The summed E-state index contributed by atoms with van der Waals surface area (Å²) >= 11 is 0. The smallest absolute Gasteiger partial charge is 0.337 e. The predicted octanol–water partition coefficient (Wildman–Crippen LogP) is 2.30. The van der Waals surface area contributed by atoms with E-state index in [-0.39, 0.29) is 18.2 Å². The van der Waals surface area contributed by atoms with Gasteiger partial charge in [0.15, 0.2) is 11.5 Å². The number of nitrogens with zero attached hydrogens (tertiary/aromatic N) is 2. The van der Waals surface area contributed by atoms with Gasteiger partial charge in [0.05, 0.1) is 45.0 Å². The van der Waals surface area contributed by atoms with Gasteiger partial charge in [0, 0.05) is 6.54 Å². The first-order valence-corrected chi connectivity index (χ1v) is 9.86. The fraction of sp³-hybridized carbons (Fsp3) is 0.348. The van der Waals surface area contributed by atoms with Crippen LogP contribution in [-0.2, 0) is 20.7 Å². The fourth-order valence-electron chi connectivity index (χ4n) is 3.59. The van der Waals surface area contributed by atoms with E-state index in [1.807, 2.05) is 30.1 Å². The number of likely N-dealkylation sites (N-methyl/N-ethyl adjacent to an activating group) is 1. The van der Waals surface area contributed by atoms with Crippen LogP contribution in [0.2, 0.25) is 0 Å². The van der Waals surface area contributed by atoms with E-state index in [2.05, 4.69) is 4.74 Å². The highest BCUT2D eigenvalue weighted by molar-refractivity contribution is 6.22. The SMILES string of the molecule is COC(=O)c1ccc(N2C(=O)C[C@@H](N(C)CCc3ccc(OC)c(OC)c3)C2=O)cc1. The first-order valence-electron chi connectivity index (χ1n) is 9.86. The maximum absolute atomic E-state index is 13.0. The Kier molecular flexibility index (Phi) is 6.91. The summed E-state index contributed by atoms with van der Waals surface area (Å²) in [5.74, 6) is 0.296. The molecule has 0 aliphatic carbocycles. The molecule has 0 aromatic heterocycles. The maximum Gasteiger partial charge on any atom is 0.337 e. The molecule has 8 nitrogen and oxygen atoms in total. The van der Waals surface area contributed by atoms with E-state index >= 15 is 0 Å². The molecule has 0 unspecified atom stereocenters. The molecule has 8 heteroatoms. The van der Waals surface area contributed by atoms with Crippen molar-refractivity contribution in [1.29, 1.82) is 0 Å². The highest BCUT2D eigenvalue weighted by Gasteiger charge is 2.41. The number of ether oxygens (including phenoxy) is 3. The predicted molar refractivity (Wildman–Crippen MR) is 115 cm³/mol. The Labute approximate surface area is 181 Å². The van der Waals surface area contributed by atoms with Gasteiger partial charge in [-0.2, -0.15) is 0 Å². The lowest BCUT2D eigenvalue weighted by molar-refractivity contribution is -0.122. The lowest BCUT2D eigenvalue weighted by atomic mass is 10.1. The molecule has 1 heterocycles. The second kappa shape index (κ2) is 9.61. The number of anilines is 1. The normalized spacial score (nSPS) is 16.0. The minimum absolute atomic E-state index is 0.111. The molecular formula is C23H26N2O6. The molecule has 1 fully saturated rings. The van der Waals surface area contributed by atoms with E-state index in [1.165, 1.54) is 24.1 Å². The van der Waals surface area contributed by atoms with E-state index in [0.29, 0.717) is 35.7 Å². The average Bonchev–Trinajstić information content (AvgIpc) is 3.10. The van der Waals surface area contributed by atoms with Crippen LogP contribution >= 0.6 is 0 Å². The number of hydrogen-bond donors (Lipinski definition) is 0. The molecule has 2 aromatic rings. The Morgan fingerprint density at radius 3 is 2.32 bits per heavy atom. The largest absolute Gasteiger partial charge is 0.493 e. The second-order valence-electron chi connectivity index (χ2n) is 7.25. The molecule has 31 heavy (non-hydrogen) atoms. The molecule has 1 atom stereocenters. The first-order chi connectivity index (χ1) is 14.9. The lowest BCUT2D eigenvalue weighted by Gasteiger charge is -2.23. The van der Waals surface area contributed by atoms with Crippen molar-refractivity contribution >= 4 is 23.5 Å². The zero-order valence-electron chi connectivity index (χ0n) is 18.1. The minimum atomic E-state index is -0.534. The third-order valence-corrected chi connectivity index (χ3v) is 5.40. The van der Waals surface area contributed by atoms with E-state index in [0.717, 1.165) is 5.56 Å². The Morgan fingerprint density at radius 2 is 1.71 bits per heavy atom. The molecule has 0 spiro atoms. The topological polar surface area (TPSA) is 85.4 Å². The van der Waals surface area contributed by atoms with Crippen LogP contribution < -0.4 is 14.4 Å². The van der Waals surface area contributed by atoms with Crippen LogP contribution in [0.4, 0.5) is 5.69 Å². The third-order valence-electron chi connectivity index (χ3n) is 5.40. The van der Waals surface area contributed by atoms with Gasteiger partial charge in [-0.3, -0.25) is 14.5 Å². The van der Waals surface area contributed by atoms with Gasteiger partial charge in [0.25, 0.3) is 5.91 Å². The van der Waals surface area contributed by atoms with E-state index in [1.54, 1.807) is 26.4 Å². The Morgan fingerprint density at radius 1 is 1.03 bits per heavy atom. The average molecular weight is 426 g/mol. The van der Waals surface area contributed by atoms with E-state index in [4.69, 9.17) is 9.47 Å². The number of carbonyl (C=O) groups excluding carboxylic acids is 3. The van der Waals surface area contributed by atoms with Gasteiger partial charge in [-0.15, -0.1) is 0 Å². The van der Waals surface area contributed by atoms with Crippen molar-refractivity contribution in [3.63, 3.8) is 0 Å². The summed E-state index contributed by atoms with van der Waals surface area (Å²) in [5, 5.41) is 0. The van der Waals surface area contributed by atoms with Crippen LogP contribution in [0.5, 0.6) is 11.5 Å². The molecule has 2 aromatic carbocycles. The summed E-state index contributed by atoms with van der Waals surface area (Å²) in [6.07, 6.45) is 0.794. The standard InChI is InChI=1S/C23H26N2O6/c1-24(12-11-15-5-10-19(29-2)20(13-15)30-3)18-14-21(26)25(22(18)27)17-8-6-16(7-9-17)23(28)31-4/h5-10,13,18H,11-12,14H2,1-4H3/t18-/m1/s1. The van der Waals surface area contributed by atoms with E-state index in [9.17, 15) is 14.4 Å². The molecule has 3 rings (SSSR count). The van der Waals surface area contributed by atoms with Crippen LogP contribution in [0.3, 0.4) is 0 Å². The molecule has 164 valence electrons. The van der Waals surface area contributed by atoms with Crippen molar-refractivity contribution in [3.8, 4) is 11.5 Å². The Hall–Kier alpha value is -3.39. The maximum atomic E-state index is 13.0. The summed E-state index contributed by atoms with van der Waals surface area (Å²) in [5.41, 5.74) is 1.84. The van der Waals surface area contributed by atoms with Gasteiger partial charge in [-0.25, -0.2) is 9.69 Å². The number of esters is 1. The number of amides is 2. The number of hydrogen-bond acceptors (Lipinski definition) is 7. The van der Waals surface area contributed by atoms with Crippen molar-refractivity contribution in [2.24, 2.45) is 0 Å². The summed E-state index contributed by atoms with van der Waals surface area (Å²) in [7, 11) is 6.30. The summed E-state index contributed by atoms with van der Waals surface area (Å²) in [4.78, 5) is 40.2. The minimum Gasteiger partial charge on any atom is -0.493 e. The van der Waals surface area contributed by atoms with Crippen LogP contribution in [0.15, 0.2) is 42.5 Å². The van der Waals surface area contributed by atoms with Crippen molar-refractivity contribution in [2.75, 3.05) is 39.8 Å². The molecule has 0 bridgehead atoms. The molecule has 0 N–H and O–H groups in total. The van der Waals surface area contributed by atoms with Gasteiger partial charge in [0.2, 0.25) is 5.91 Å². The number of carbonyl (C=O) groups is 3. The number of methoxy groups -OCH3 is 3. The third kappa shape index (κ3) is 4.69. The molecule has 1 saturated heterocycles. The number of rotatable bonds is 8. The molecule has 0 radical (unpaired) electrons. The molecule has 1 aliphatic rings.